The second-order valence-electron chi connectivity index (χ2n) is 6.03. The number of aliphatic carboxylic acids is 1. The van der Waals surface area contributed by atoms with Gasteiger partial charge in [-0.1, -0.05) is 20.8 Å². The van der Waals surface area contributed by atoms with Crippen molar-refractivity contribution in [3.05, 3.63) is 17.5 Å². The number of hydrogen-bond acceptors (Lipinski definition) is 5. The maximum atomic E-state index is 10.9. The summed E-state index contributed by atoms with van der Waals surface area (Å²) in [7, 11) is 0. The molecule has 0 aliphatic carbocycles. The molecule has 0 aliphatic heterocycles. The van der Waals surface area contributed by atoms with Gasteiger partial charge in [-0.15, -0.1) is 0 Å². The SMILES string of the molecule is Cc1cc(C#N)nc(NC(CC(=O)O)CC(C)(C)C)n1. The van der Waals surface area contributed by atoms with E-state index in [4.69, 9.17) is 10.4 Å². The monoisotopic (exact) mass is 276 g/mol. The molecule has 2 N–H and O–H groups in total. The molecule has 0 saturated carbocycles. The number of hydrogen-bond donors (Lipinski definition) is 2. The van der Waals surface area contributed by atoms with E-state index in [1.165, 1.54) is 0 Å². The zero-order valence-corrected chi connectivity index (χ0v) is 12.3. The Labute approximate surface area is 118 Å². The van der Waals surface area contributed by atoms with Gasteiger partial charge in [0.2, 0.25) is 5.95 Å². The van der Waals surface area contributed by atoms with Gasteiger partial charge in [-0.3, -0.25) is 4.79 Å². The van der Waals surface area contributed by atoms with Crippen molar-refractivity contribution in [3.8, 4) is 6.07 Å². The van der Waals surface area contributed by atoms with Crippen LogP contribution < -0.4 is 5.32 Å². The van der Waals surface area contributed by atoms with Crippen molar-refractivity contribution in [2.24, 2.45) is 5.41 Å². The number of carboxylic acids is 1. The Hall–Kier alpha value is -2.16. The van der Waals surface area contributed by atoms with E-state index in [0.29, 0.717) is 18.1 Å². The molecule has 20 heavy (non-hydrogen) atoms. The number of carboxylic acid groups (broad SMARTS) is 1. The first-order valence-electron chi connectivity index (χ1n) is 6.44. The van der Waals surface area contributed by atoms with Gasteiger partial charge in [0.25, 0.3) is 0 Å². The Morgan fingerprint density at radius 3 is 2.65 bits per heavy atom. The van der Waals surface area contributed by atoms with E-state index in [-0.39, 0.29) is 23.6 Å². The van der Waals surface area contributed by atoms with Crippen LogP contribution in [0.15, 0.2) is 6.07 Å². The molecular formula is C14H20N4O2. The minimum Gasteiger partial charge on any atom is -0.481 e. The fourth-order valence-electron chi connectivity index (χ4n) is 2.00. The van der Waals surface area contributed by atoms with E-state index in [1.807, 2.05) is 26.8 Å². The van der Waals surface area contributed by atoms with Gasteiger partial charge in [0.1, 0.15) is 11.8 Å². The molecule has 0 radical (unpaired) electrons. The van der Waals surface area contributed by atoms with E-state index in [1.54, 1.807) is 13.0 Å². The summed E-state index contributed by atoms with van der Waals surface area (Å²) in [5, 5.41) is 20.9. The summed E-state index contributed by atoms with van der Waals surface area (Å²) in [5.41, 5.74) is 0.920. The normalized spacial score (nSPS) is 12.6. The van der Waals surface area contributed by atoms with Gasteiger partial charge >= 0.3 is 5.97 Å². The van der Waals surface area contributed by atoms with Crippen LogP contribution in [0.25, 0.3) is 0 Å². The highest BCUT2D eigenvalue weighted by Crippen LogP contribution is 2.24. The highest BCUT2D eigenvalue weighted by Gasteiger charge is 2.22. The smallest absolute Gasteiger partial charge is 0.305 e. The van der Waals surface area contributed by atoms with Crippen LogP contribution >= 0.6 is 0 Å². The number of anilines is 1. The summed E-state index contributed by atoms with van der Waals surface area (Å²) in [4.78, 5) is 19.2. The third kappa shape index (κ3) is 5.65. The Morgan fingerprint density at radius 1 is 1.50 bits per heavy atom. The van der Waals surface area contributed by atoms with Crippen LogP contribution in [0.1, 0.15) is 45.0 Å². The van der Waals surface area contributed by atoms with Gasteiger partial charge in [0.15, 0.2) is 0 Å². The Balaban J connectivity index is 2.91. The molecule has 6 nitrogen and oxygen atoms in total. The molecule has 0 fully saturated rings. The van der Waals surface area contributed by atoms with Crippen LogP contribution in [0.2, 0.25) is 0 Å². The minimum atomic E-state index is -0.875. The molecule has 1 aromatic rings. The van der Waals surface area contributed by atoms with Crippen molar-refractivity contribution >= 4 is 11.9 Å². The van der Waals surface area contributed by atoms with Gasteiger partial charge in [0.05, 0.1) is 6.42 Å². The first-order valence-corrected chi connectivity index (χ1v) is 6.44. The summed E-state index contributed by atoms with van der Waals surface area (Å²) in [5.74, 6) is -0.572. The number of nitrogens with one attached hydrogen (secondary N) is 1. The average Bonchev–Trinajstić information content (AvgIpc) is 2.24. The number of nitriles is 1. The van der Waals surface area contributed by atoms with Crippen LogP contribution in [-0.2, 0) is 4.79 Å². The van der Waals surface area contributed by atoms with Crippen molar-refractivity contribution < 1.29 is 9.90 Å². The topological polar surface area (TPSA) is 98.9 Å². The molecule has 0 amide bonds. The molecule has 0 aliphatic rings. The third-order valence-corrected chi connectivity index (χ3v) is 2.58. The fraction of sp³-hybridized carbons (Fsp3) is 0.571. The molecule has 1 unspecified atom stereocenters. The van der Waals surface area contributed by atoms with Crippen LogP contribution in [0.4, 0.5) is 5.95 Å². The molecule has 1 rings (SSSR count). The van der Waals surface area contributed by atoms with Gasteiger partial charge < -0.3 is 10.4 Å². The second-order valence-corrected chi connectivity index (χ2v) is 6.03. The number of carbonyl (C=O) groups is 1. The Morgan fingerprint density at radius 2 is 2.15 bits per heavy atom. The van der Waals surface area contributed by atoms with Crippen LogP contribution in [0, 0.1) is 23.7 Å². The molecule has 1 aromatic heterocycles. The van der Waals surface area contributed by atoms with Crippen molar-refractivity contribution in [2.75, 3.05) is 5.32 Å². The predicted molar refractivity (Wildman–Crippen MR) is 75.2 cm³/mol. The number of aromatic nitrogens is 2. The quantitative estimate of drug-likeness (QED) is 0.856. The average molecular weight is 276 g/mol. The molecule has 1 atom stereocenters. The van der Waals surface area contributed by atoms with Crippen LogP contribution in [0.3, 0.4) is 0 Å². The molecule has 0 spiro atoms. The lowest BCUT2D eigenvalue weighted by Crippen LogP contribution is -2.29. The lowest BCUT2D eigenvalue weighted by molar-refractivity contribution is -0.137. The van der Waals surface area contributed by atoms with Crippen molar-refractivity contribution in [1.82, 2.24) is 9.97 Å². The highest BCUT2D eigenvalue weighted by molar-refractivity contribution is 5.68. The van der Waals surface area contributed by atoms with Gasteiger partial charge in [-0.2, -0.15) is 5.26 Å². The maximum absolute atomic E-state index is 10.9. The lowest BCUT2D eigenvalue weighted by Gasteiger charge is -2.25. The Bertz CT molecular complexity index is 529. The van der Waals surface area contributed by atoms with Gasteiger partial charge in [-0.05, 0) is 24.8 Å². The molecular weight excluding hydrogens is 256 g/mol. The Kier molecular flexibility index (Phi) is 5.03. The molecule has 0 saturated heterocycles. The summed E-state index contributed by atoms with van der Waals surface area (Å²) in [6.45, 7) is 7.90. The van der Waals surface area contributed by atoms with E-state index in [9.17, 15) is 4.79 Å². The number of aryl methyl sites for hydroxylation is 1. The first-order chi connectivity index (χ1) is 9.19. The minimum absolute atomic E-state index is 0.0174. The lowest BCUT2D eigenvalue weighted by atomic mass is 9.87. The maximum Gasteiger partial charge on any atom is 0.305 e. The van der Waals surface area contributed by atoms with E-state index in [2.05, 4.69) is 15.3 Å². The van der Waals surface area contributed by atoms with Crippen molar-refractivity contribution in [3.63, 3.8) is 0 Å². The summed E-state index contributed by atoms with van der Waals surface area (Å²) in [6, 6.07) is 3.27. The molecule has 1 heterocycles. The summed E-state index contributed by atoms with van der Waals surface area (Å²) < 4.78 is 0. The zero-order chi connectivity index (χ0) is 15.3. The number of rotatable bonds is 5. The summed E-state index contributed by atoms with van der Waals surface area (Å²) >= 11 is 0. The van der Waals surface area contributed by atoms with Crippen LogP contribution in [-0.4, -0.2) is 27.1 Å². The summed E-state index contributed by atoms with van der Waals surface area (Å²) in [6.07, 6.45) is 0.648. The highest BCUT2D eigenvalue weighted by atomic mass is 16.4. The molecule has 0 aromatic carbocycles. The van der Waals surface area contributed by atoms with Crippen LogP contribution in [0.5, 0.6) is 0 Å². The van der Waals surface area contributed by atoms with Crippen molar-refractivity contribution in [1.29, 1.82) is 5.26 Å². The molecule has 0 bridgehead atoms. The van der Waals surface area contributed by atoms with E-state index >= 15 is 0 Å². The second kappa shape index (κ2) is 6.33. The first kappa shape index (κ1) is 15.9. The standard InChI is InChI=1S/C14H20N4O2/c1-9-5-11(8-15)18-13(16-9)17-10(6-12(19)20)7-14(2,3)4/h5,10H,6-7H2,1-4H3,(H,19,20)(H,16,17,18). The van der Waals surface area contributed by atoms with E-state index in [0.717, 1.165) is 0 Å². The zero-order valence-electron chi connectivity index (χ0n) is 12.3. The largest absolute Gasteiger partial charge is 0.481 e. The van der Waals surface area contributed by atoms with E-state index < -0.39 is 5.97 Å². The van der Waals surface area contributed by atoms with Crippen molar-refractivity contribution in [2.45, 2.75) is 46.6 Å². The van der Waals surface area contributed by atoms with Gasteiger partial charge in [0, 0.05) is 11.7 Å². The fourth-order valence-corrected chi connectivity index (χ4v) is 2.00. The van der Waals surface area contributed by atoms with Gasteiger partial charge in [-0.25, -0.2) is 9.97 Å². The predicted octanol–water partition coefficient (Wildman–Crippen LogP) is 2.35. The molecule has 6 heteroatoms. The number of nitrogens with zero attached hydrogens (tertiary/aromatic N) is 3. The molecule has 108 valence electrons. The third-order valence-electron chi connectivity index (χ3n) is 2.58.